The lowest BCUT2D eigenvalue weighted by Gasteiger charge is -2.29. The van der Waals surface area contributed by atoms with Gasteiger partial charge in [-0.1, -0.05) is 6.07 Å². The van der Waals surface area contributed by atoms with E-state index in [0.717, 1.165) is 5.75 Å². The lowest BCUT2D eigenvalue weighted by molar-refractivity contribution is -0.123. The number of hydrogen-bond acceptors (Lipinski definition) is 7. The van der Waals surface area contributed by atoms with Crippen LogP contribution in [0, 0.1) is 0 Å². The summed E-state index contributed by atoms with van der Waals surface area (Å²) < 4.78 is 35.7. The molecular formula is C25H31FN2O6. The van der Waals surface area contributed by atoms with E-state index in [4.69, 9.17) is 18.9 Å². The van der Waals surface area contributed by atoms with Crippen molar-refractivity contribution in [1.29, 1.82) is 0 Å². The van der Waals surface area contributed by atoms with Crippen molar-refractivity contribution in [1.82, 2.24) is 10.2 Å². The zero-order valence-electron chi connectivity index (χ0n) is 19.2. The van der Waals surface area contributed by atoms with Gasteiger partial charge in [-0.2, -0.15) is 0 Å². The second-order valence-electron chi connectivity index (χ2n) is 8.44. The van der Waals surface area contributed by atoms with Crippen LogP contribution in [0.15, 0.2) is 42.5 Å². The maximum atomic E-state index is 13.7. The Labute approximate surface area is 198 Å². The van der Waals surface area contributed by atoms with E-state index < -0.39 is 18.3 Å². The van der Waals surface area contributed by atoms with Gasteiger partial charge in [0.05, 0.1) is 26.2 Å². The molecule has 0 aliphatic carbocycles. The highest BCUT2D eigenvalue weighted by Crippen LogP contribution is 2.33. The van der Waals surface area contributed by atoms with Crippen LogP contribution in [0.5, 0.6) is 23.0 Å². The van der Waals surface area contributed by atoms with E-state index >= 15 is 0 Å². The number of aliphatic hydroxyl groups is 1. The number of halogens is 1. The maximum absolute atomic E-state index is 13.7. The minimum atomic E-state index is -0.999. The van der Waals surface area contributed by atoms with Crippen LogP contribution in [0.25, 0.3) is 0 Å². The monoisotopic (exact) mass is 474 g/mol. The van der Waals surface area contributed by atoms with Crippen LogP contribution in [0.1, 0.15) is 24.5 Å². The predicted molar refractivity (Wildman–Crippen MR) is 123 cm³/mol. The highest BCUT2D eigenvalue weighted by molar-refractivity contribution is 5.76. The topological polar surface area (TPSA) is 89.5 Å². The first-order valence-electron chi connectivity index (χ1n) is 11.5. The fraction of sp³-hybridized carbons (Fsp3) is 0.480. The summed E-state index contributed by atoms with van der Waals surface area (Å²) in [6, 6.07) is 11.7. The second kappa shape index (κ2) is 11.4. The fourth-order valence-electron chi connectivity index (χ4n) is 4.14. The normalized spacial score (nSPS) is 19.3. The van der Waals surface area contributed by atoms with Crippen LogP contribution in [0.4, 0.5) is 4.39 Å². The molecule has 0 bridgehead atoms. The summed E-state index contributed by atoms with van der Waals surface area (Å²) in [6.45, 7) is 2.31. The molecule has 3 atom stereocenters. The molecule has 0 aromatic heterocycles. The van der Waals surface area contributed by atoms with Crippen LogP contribution in [0.3, 0.4) is 0 Å². The van der Waals surface area contributed by atoms with Crippen molar-refractivity contribution in [2.75, 3.05) is 46.6 Å². The average molecular weight is 475 g/mol. The molecule has 0 radical (unpaired) electrons. The van der Waals surface area contributed by atoms with Gasteiger partial charge in [0.2, 0.25) is 5.91 Å². The lowest BCUT2D eigenvalue weighted by Crippen LogP contribution is -2.47. The van der Waals surface area contributed by atoms with Crippen molar-refractivity contribution >= 4 is 5.91 Å². The number of benzene rings is 2. The van der Waals surface area contributed by atoms with Crippen LogP contribution in [-0.2, 0) is 4.79 Å². The smallest absolute Gasteiger partial charge is 0.223 e. The molecule has 184 valence electrons. The number of ether oxygens (including phenoxy) is 4. The Morgan fingerprint density at radius 3 is 2.62 bits per heavy atom. The molecule has 1 amide bonds. The molecule has 1 unspecified atom stereocenters. The van der Waals surface area contributed by atoms with Crippen LogP contribution >= 0.6 is 0 Å². The summed E-state index contributed by atoms with van der Waals surface area (Å²) in [5.41, 5.74) is 0.597. The van der Waals surface area contributed by atoms with Crippen molar-refractivity contribution in [2.45, 2.75) is 31.2 Å². The molecule has 0 spiro atoms. The van der Waals surface area contributed by atoms with Crippen molar-refractivity contribution < 1.29 is 33.2 Å². The van der Waals surface area contributed by atoms with E-state index in [1.54, 1.807) is 49.6 Å². The second-order valence-corrected chi connectivity index (χ2v) is 8.44. The van der Waals surface area contributed by atoms with Crippen molar-refractivity contribution in [3.05, 3.63) is 48.0 Å². The number of amides is 1. The summed E-state index contributed by atoms with van der Waals surface area (Å²) in [6.07, 6.45) is -1.32. The zero-order chi connectivity index (χ0) is 23.9. The maximum Gasteiger partial charge on any atom is 0.223 e. The molecule has 2 aliphatic rings. The molecule has 1 saturated heterocycles. The van der Waals surface area contributed by atoms with Crippen LogP contribution in [-0.4, -0.2) is 74.7 Å². The summed E-state index contributed by atoms with van der Waals surface area (Å²) >= 11 is 0. The number of alkyl halides is 1. The Morgan fingerprint density at radius 2 is 1.91 bits per heavy atom. The highest BCUT2D eigenvalue weighted by atomic mass is 19.1. The largest absolute Gasteiger partial charge is 0.497 e. The van der Waals surface area contributed by atoms with Gasteiger partial charge in [0.25, 0.3) is 0 Å². The van der Waals surface area contributed by atoms with Crippen LogP contribution in [0.2, 0.25) is 0 Å². The van der Waals surface area contributed by atoms with Gasteiger partial charge >= 0.3 is 0 Å². The van der Waals surface area contributed by atoms with E-state index in [9.17, 15) is 14.3 Å². The molecule has 34 heavy (non-hydrogen) atoms. The Morgan fingerprint density at radius 1 is 1.18 bits per heavy atom. The molecule has 2 N–H and O–H groups in total. The van der Waals surface area contributed by atoms with Crippen molar-refractivity contribution in [3.63, 3.8) is 0 Å². The third-order valence-corrected chi connectivity index (χ3v) is 5.96. The summed E-state index contributed by atoms with van der Waals surface area (Å²) in [5, 5.41) is 14.1. The number of methoxy groups -OCH3 is 1. The quantitative estimate of drug-likeness (QED) is 0.547. The van der Waals surface area contributed by atoms with Gasteiger partial charge in [0, 0.05) is 19.6 Å². The standard InChI is InChI=1S/C25H31FN2O6/c1-31-19-3-5-20(6-4-19)32-11-9-24(29)27-21(16-28-10-8-18(26)15-28)25(30)17-2-7-22-23(14-17)34-13-12-33-22/h2-7,14,18,21,25,30H,8-13,15-16H2,1H3,(H,27,29)/t18-,21+,25?/m0/s1. The first-order valence-corrected chi connectivity index (χ1v) is 11.5. The molecule has 9 heteroatoms. The van der Waals surface area contributed by atoms with Crippen molar-refractivity contribution in [3.8, 4) is 23.0 Å². The SMILES string of the molecule is COc1ccc(OCCC(=O)N[C@H](CN2CC[C@H](F)C2)C(O)c2ccc3c(c2)OCCO3)cc1. The Balaban J connectivity index is 1.37. The fourth-order valence-corrected chi connectivity index (χ4v) is 4.14. The highest BCUT2D eigenvalue weighted by Gasteiger charge is 2.30. The molecule has 0 saturated carbocycles. The van der Waals surface area contributed by atoms with Gasteiger partial charge < -0.3 is 29.4 Å². The van der Waals surface area contributed by atoms with E-state index in [0.29, 0.717) is 62.1 Å². The zero-order valence-corrected chi connectivity index (χ0v) is 19.2. The van der Waals surface area contributed by atoms with Gasteiger partial charge in [0.1, 0.15) is 37.0 Å². The number of hydrogen-bond donors (Lipinski definition) is 2. The van der Waals surface area contributed by atoms with Gasteiger partial charge in [-0.15, -0.1) is 0 Å². The van der Waals surface area contributed by atoms with Gasteiger partial charge in [-0.25, -0.2) is 4.39 Å². The minimum absolute atomic E-state index is 0.113. The number of carbonyl (C=O) groups excluding carboxylic acids is 1. The predicted octanol–water partition coefficient (Wildman–Crippen LogP) is 2.50. The summed E-state index contributed by atoms with van der Waals surface area (Å²) in [5.74, 6) is 2.28. The molecular weight excluding hydrogens is 443 g/mol. The number of fused-ring (bicyclic) bond motifs is 1. The van der Waals surface area contributed by atoms with Gasteiger partial charge in [-0.05, 0) is 48.4 Å². The van der Waals surface area contributed by atoms with E-state index in [1.165, 1.54) is 0 Å². The molecule has 4 rings (SSSR count). The molecule has 2 heterocycles. The molecule has 2 aliphatic heterocycles. The van der Waals surface area contributed by atoms with Gasteiger partial charge in [-0.3, -0.25) is 9.69 Å². The van der Waals surface area contributed by atoms with Gasteiger partial charge in [0.15, 0.2) is 11.5 Å². The number of rotatable bonds is 10. The number of likely N-dealkylation sites (tertiary alicyclic amines) is 1. The Bertz CT molecular complexity index is 957. The number of nitrogens with zero attached hydrogens (tertiary/aromatic N) is 1. The summed E-state index contributed by atoms with van der Waals surface area (Å²) in [4.78, 5) is 14.6. The lowest BCUT2D eigenvalue weighted by atomic mass is 10.0. The number of carbonyl (C=O) groups is 1. The number of nitrogens with one attached hydrogen (secondary N) is 1. The average Bonchev–Trinajstić information content (AvgIpc) is 3.27. The molecule has 2 aromatic carbocycles. The van der Waals surface area contributed by atoms with E-state index in [1.807, 2.05) is 4.90 Å². The number of aliphatic hydroxyl groups excluding tert-OH is 1. The minimum Gasteiger partial charge on any atom is -0.497 e. The van der Waals surface area contributed by atoms with E-state index in [-0.39, 0.29) is 18.9 Å². The molecule has 1 fully saturated rings. The third kappa shape index (κ3) is 6.30. The Kier molecular flexibility index (Phi) is 8.08. The van der Waals surface area contributed by atoms with E-state index in [2.05, 4.69) is 5.32 Å². The molecule has 2 aromatic rings. The first-order chi connectivity index (χ1) is 16.5. The Hall–Kier alpha value is -3.04. The first kappa shape index (κ1) is 24.1. The molecule has 8 nitrogen and oxygen atoms in total. The third-order valence-electron chi connectivity index (χ3n) is 5.96. The van der Waals surface area contributed by atoms with Crippen LogP contribution < -0.4 is 24.3 Å². The summed E-state index contributed by atoms with van der Waals surface area (Å²) in [7, 11) is 1.59. The van der Waals surface area contributed by atoms with Crippen molar-refractivity contribution in [2.24, 2.45) is 0 Å².